The highest BCUT2D eigenvalue weighted by Gasteiger charge is 2.22. The van der Waals surface area contributed by atoms with Gasteiger partial charge in [-0.15, -0.1) is 0 Å². The monoisotopic (exact) mass is 290 g/mol. The lowest BCUT2D eigenvalue weighted by atomic mass is 10.1. The number of fused-ring (bicyclic) bond motifs is 2. The summed E-state index contributed by atoms with van der Waals surface area (Å²) in [6, 6.07) is 3.09. The Hall–Kier alpha value is -2.47. The number of hydrogen-bond acceptors (Lipinski definition) is 6. The Morgan fingerprint density at radius 3 is 2.81 bits per heavy atom. The van der Waals surface area contributed by atoms with Crippen molar-refractivity contribution in [3.63, 3.8) is 0 Å². The first kappa shape index (κ1) is 13.5. The summed E-state index contributed by atoms with van der Waals surface area (Å²) in [4.78, 5) is 12.3. The Morgan fingerprint density at radius 1 is 1.29 bits per heavy atom. The summed E-state index contributed by atoms with van der Waals surface area (Å²) in [5.41, 5.74) is 0.455. The average molecular weight is 290 g/mol. The molecule has 0 fully saturated rings. The molecule has 0 atom stereocenters. The first-order chi connectivity index (χ1) is 10.2. The minimum absolute atomic E-state index is 0.0644. The fourth-order valence-electron chi connectivity index (χ4n) is 2.38. The second kappa shape index (κ2) is 5.14. The number of aliphatic hydroxyl groups excluding tert-OH is 1. The highest BCUT2D eigenvalue weighted by molar-refractivity contribution is 6.06. The van der Waals surface area contributed by atoms with Gasteiger partial charge in [0.15, 0.2) is 16.6 Å². The molecule has 0 saturated heterocycles. The van der Waals surface area contributed by atoms with Gasteiger partial charge in [0, 0.05) is 6.07 Å². The smallest absolute Gasteiger partial charge is 0.206 e. The van der Waals surface area contributed by atoms with Crippen molar-refractivity contribution in [2.24, 2.45) is 0 Å². The van der Waals surface area contributed by atoms with Gasteiger partial charge in [-0.3, -0.25) is 4.79 Å². The molecule has 3 rings (SSSR count). The fraction of sp³-hybridized carbons (Fsp3) is 0.267. The number of methoxy groups -OCH3 is 1. The van der Waals surface area contributed by atoms with E-state index in [-0.39, 0.29) is 24.2 Å². The lowest BCUT2D eigenvalue weighted by molar-refractivity contribution is 0.201. The Balaban J connectivity index is 2.50. The maximum absolute atomic E-state index is 12.3. The molecule has 110 valence electrons. The number of rotatable bonds is 4. The maximum atomic E-state index is 12.3. The van der Waals surface area contributed by atoms with Gasteiger partial charge in [-0.05, 0) is 13.0 Å². The number of furan rings is 1. The lowest BCUT2D eigenvalue weighted by Gasteiger charge is -2.12. The summed E-state index contributed by atoms with van der Waals surface area (Å²) in [7, 11) is 1.48. The van der Waals surface area contributed by atoms with Crippen molar-refractivity contribution < 1.29 is 23.4 Å². The topological polar surface area (TPSA) is 82.0 Å². The number of aryl methyl sites for hydroxylation is 1. The molecule has 6 nitrogen and oxygen atoms in total. The van der Waals surface area contributed by atoms with Crippen LogP contribution in [0.4, 0.5) is 0 Å². The average Bonchev–Trinajstić information content (AvgIpc) is 2.92. The molecule has 1 N–H and O–H groups in total. The third-order valence-corrected chi connectivity index (χ3v) is 3.16. The van der Waals surface area contributed by atoms with Gasteiger partial charge in [-0.2, -0.15) is 0 Å². The summed E-state index contributed by atoms with van der Waals surface area (Å²) in [5.74, 6) is 1.13. The molecule has 0 aliphatic rings. The van der Waals surface area contributed by atoms with Crippen LogP contribution in [0.2, 0.25) is 0 Å². The molecule has 0 saturated carbocycles. The van der Waals surface area contributed by atoms with Crippen LogP contribution < -0.4 is 14.9 Å². The Kier molecular flexibility index (Phi) is 3.31. The molecule has 0 amide bonds. The molecule has 21 heavy (non-hydrogen) atoms. The van der Waals surface area contributed by atoms with Gasteiger partial charge < -0.3 is 23.4 Å². The van der Waals surface area contributed by atoms with Crippen LogP contribution in [-0.2, 0) is 0 Å². The highest BCUT2D eigenvalue weighted by atomic mass is 16.5. The quantitative estimate of drug-likeness (QED) is 0.793. The standard InChI is InChI=1S/C15H14O6/c1-8-7-10(17)11-12(18-2)9-3-5-19-13(9)15(14(11)21-8)20-6-4-16/h3,5,7,16H,4,6H2,1-2H3. The van der Waals surface area contributed by atoms with Gasteiger partial charge in [0.1, 0.15) is 23.5 Å². The molecule has 0 radical (unpaired) electrons. The van der Waals surface area contributed by atoms with Crippen LogP contribution in [0.1, 0.15) is 5.76 Å². The summed E-state index contributed by atoms with van der Waals surface area (Å²) in [6.45, 7) is 1.58. The van der Waals surface area contributed by atoms with E-state index in [4.69, 9.17) is 23.4 Å². The van der Waals surface area contributed by atoms with Crippen LogP contribution in [0.15, 0.2) is 32.0 Å². The first-order valence-corrected chi connectivity index (χ1v) is 6.42. The minimum Gasteiger partial charge on any atom is -0.495 e. The molecule has 2 aromatic heterocycles. The number of aliphatic hydroxyl groups is 1. The summed E-state index contributed by atoms with van der Waals surface area (Å²) in [5, 5.41) is 9.88. The Morgan fingerprint density at radius 2 is 2.10 bits per heavy atom. The molecule has 6 heteroatoms. The normalized spacial score (nSPS) is 11.2. The van der Waals surface area contributed by atoms with E-state index in [2.05, 4.69) is 0 Å². The number of ether oxygens (including phenoxy) is 2. The molecule has 0 aliphatic heterocycles. The van der Waals surface area contributed by atoms with E-state index in [0.717, 1.165) is 0 Å². The molecule has 0 aliphatic carbocycles. The molecule has 1 aromatic carbocycles. The third-order valence-electron chi connectivity index (χ3n) is 3.16. The van der Waals surface area contributed by atoms with E-state index >= 15 is 0 Å². The van der Waals surface area contributed by atoms with Gasteiger partial charge >= 0.3 is 0 Å². The van der Waals surface area contributed by atoms with Gasteiger partial charge in [0.25, 0.3) is 0 Å². The van der Waals surface area contributed by atoms with E-state index < -0.39 is 0 Å². The number of hydrogen-bond donors (Lipinski definition) is 1. The minimum atomic E-state index is -0.220. The van der Waals surface area contributed by atoms with Crippen molar-refractivity contribution in [3.8, 4) is 11.5 Å². The van der Waals surface area contributed by atoms with E-state index in [1.165, 1.54) is 19.4 Å². The van der Waals surface area contributed by atoms with E-state index in [9.17, 15) is 4.79 Å². The van der Waals surface area contributed by atoms with Gasteiger partial charge in [0.05, 0.1) is 25.4 Å². The zero-order valence-electron chi connectivity index (χ0n) is 11.6. The summed E-state index contributed by atoms with van der Waals surface area (Å²) in [6.07, 6.45) is 1.48. The molecule has 0 spiro atoms. The van der Waals surface area contributed by atoms with E-state index in [0.29, 0.717) is 33.6 Å². The fourth-order valence-corrected chi connectivity index (χ4v) is 2.38. The zero-order chi connectivity index (χ0) is 15.0. The zero-order valence-corrected chi connectivity index (χ0v) is 11.6. The lowest BCUT2D eigenvalue weighted by Crippen LogP contribution is -2.07. The molecular formula is C15H14O6. The second-order valence-corrected chi connectivity index (χ2v) is 4.52. The van der Waals surface area contributed by atoms with Crippen LogP contribution in [-0.4, -0.2) is 25.4 Å². The van der Waals surface area contributed by atoms with Crippen molar-refractivity contribution >= 4 is 21.9 Å². The molecule has 0 unspecified atom stereocenters. The second-order valence-electron chi connectivity index (χ2n) is 4.52. The SMILES string of the molecule is COc1c2ccoc2c(OCCO)c2oc(C)cc(=O)c12. The van der Waals surface area contributed by atoms with Crippen molar-refractivity contribution in [1.29, 1.82) is 0 Å². The molecule has 2 heterocycles. The van der Waals surface area contributed by atoms with Gasteiger partial charge in [0.2, 0.25) is 5.75 Å². The van der Waals surface area contributed by atoms with Crippen LogP contribution in [0.5, 0.6) is 11.5 Å². The van der Waals surface area contributed by atoms with Gasteiger partial charge in [-0.1, -0.05) is 0 Å². The Labute approximate surface area is 119 Å². The summed E-state index contributed by atoms with van der Waals surface area (Å²) >= 11 is 0. The summed E-state index contributed by atoms with van der Waals surface area (Å²) < 4.78 is 21.9. The first-order valence-electron chi connectivity index (χ1n) is 6.42. The Bertz CT molecular complexity index is 858. The van der Waals surface area contributed by atoms with E-state index in [1.807, 2.05) is 0 Å². The van der Waals surface area contributed by atoms with E-state index in [1.54, 1.807) is 13.0 Å². The van der Waals surface area contributed by atoms with Crippen molar-refractivity contribution in [2.75, 3.05) is 20.3 Å². The molecular weight excluding hydrogens is 276 g/mol. The van der Waals surface area contributed by atoms with Crippen molar-refractivity contribution in [2.45, 2.75) is 6.92 Å². The largest absolute Gasteiger partial charge is 0.495 e. The third kappa shape index (κ3) is 2.04. The van der Waals surface area contributed by atoms with Crippen molar-refractivity contribution in [3.05, 3.63) is 34.4 Å². The van der Waals surface area contributed by atoms with Crippen LogP contribution in [0, 0.1) is 6.92 Å². The van der Waals surface area contributed by atoms with Crippen molar-refractivity contribution in [1.82, 2.24) is 0 Å². The number of benzene rings is 1. The molecule has 0 bridgehead atoms. The predicted octanol–water partition coefficient (Wildman–Crippen LogP) is 2.23. The maximum Gasteiger partial charge on any atom is 0.206 e. The van der Waals surface area contributed by atoms with Crippen LogP contribution in [0.25, 0.3) is 21.9 Å². The molecule has 3 aromatic rings. The van der Waals surface area contributed by atoms with Crippen LogP contribution in [0.3, 0.4) is 0 Å². The van der Waals surface area contributed by atoms with Crippen LogP contribution >= 0.6 is 0 Å². The van der Waals surface area contributed by atoms with Gasteiger partial charge in [-0.25, -0.2) is 0 Å². The highest BCUT2D eigenvalue weighted by Crippen LogP contribution is 2.42. The predicted molar refractivity (Wildman–Crippen MR) is 76.1 cm³/mol.